The summed E-state index contributed by atoms with van der Waals surface area (Å²) in [6.07, 6.45) is -0.0790. The average Bonchev–Trinajstić information content (AvgIpc) is 2.47. The summed E-state index contributed by atoms with van der Waals surface area (Å²) in [4.78, 5) is 13.3. The van der Waals surface area contributed by atoms with Crippen molar-refractivity contribution in [1.82, 2.24) is 4.90 Å². The first-order chi connectivity index (χ1) is 9.69. The van der Waals surface area contributed by atoms with Crippen molar-refractivity contribution in [2.24, 2.45) is 0 Å². The maximum Gasteiger partial charge on any atom is 0.319 e. The number of benzene rings is 1. The Kier molecular flexibility index (Phi) is 5.64. The van der Waals surface area contributed by atoms with Gasteiger partial charge in [0.15, 0.2) is 0 Å². The molecule has 0 aliphatic carbocycles. The van der Waals surface area contributed by atoms with Crippen LogP contribution in [-0.4, -0.2) is 56.9 Å². The summed E-state index contributed by atoms with van der Waals surface area (Å²) >= 11 is 6.02. The topological polar surface area (TPSA) is 48.0 Å². The van der Waals surface area contributed by atoms with Crippen LogP contribution in [0.2, 0.25) is 5.02 Å². The number of carbonyl (C=O) groups is 1. The number of rotatable bonds is 5. The fourth-order valence-corrected chi connectivity index (χ4v) is 2.21. The predicted octanol–water partition coefficient (Wildman–Crippen LogP) is 1.59. The molecule has 0 N–H and O–H groups in total. The van der Waals surface area contributed by atoms with Gasteiger partial charge in [0.2, 0.25) is 0 Å². The number of hydrogen-bond donors (Lipinski definition) is 0. The molecule has 6 heteroatoms. The number of esters is 1. The van der Waals surface area contributed by atoms with Crippen LogP contribution < -0.4 is 4.74 Å². The Morgan fingerprint density at radius 1 is 1.50 bits per heavy atom. The van der Waals surface area contributed by atoms with Crippen molar-refractivity contribution in [2.45, 2.75) is 6.10 Å². The molecular weight excluding hydrogens is 282 g/mol. The Hall–Kier alpha value is -1.30. The highest BCUT2D eigenvalue weighted by atomic mass is 35.5. The number of hydrogen-bond acceptors (Lipinski definition) is 5. The van der Waals surface area contributed by atoms with Gasteiger partial charge in [-0.05, 0) is 12.1 Å². The van der Waals surface area contributed by atoms with Gasteiger partial charge in [-0.1, -0.05) is 23.7 Å². The Morgan fingerprint density at radius 3 is 3.05 bits per heavy atom. The Labute approximate surface area is 123 Å². The van der Waals surface area contributed by atoms with Gasteiger partial charge in [-0.25, -0.2) is 0 Å². The highest BCUT2D eigenvalue weighted by molar-refractivity contribution is 6.32. The lowest BCUT2D eigenvalue weighted by Crippen LogP contribution is -2.46. The largest absolute Gasteiger partial charge is 0.489 e. The standard InChI is InChI=1S/C14H18ClNO4/c1-18-14(17)9-16-6-7-19-11(8-16)10-20-13-5-3-2-4-12(13)15/h2-5,11H,6-10H2,1H3/t11-/m0/s1. The molecule has 5 nitrogen and oxygen atoms in total. The van der Waals surface area contributed by atoms with Crippen molar-refractivity contribution < 1.29 is 19.0 Å². The van der Waals surface area contributed by atoms with E-state index in [2.05, 4.69) is 4.74 Å². The van der Waals surface area contributed by atoms with Gasteiger partial charge in [0.05, 0.1) is 25.3 Å². The van der Waals surface area contributed by atoms with Crippen LogP contribution in [0.5, 0.6) is 5.75 Å². The molecule has 1 aliphatic rings. The molecule has 1 aliphatic heterocycles. The Bertz CT molecular complexity index is 455. The number of halogens is 1. The van der Waals surface area contributed by atoms with Crippen LogP contribution in [0, 0.1) is 0 Å². The molecule has 1 aromatic carbocycles. The zero-order valence-electron chi connectivity index (χ0n) is 11.4. The SMILES string of the molecule is COC(=O)CN1CCO[C@H](COc2ccccc2Cl)C1. The number of ether oxygens (including phenoxy) is 3. The number of carbonyl (C=O) groups excluding carboxylic acids is 1. The van der Waals surface area contributed by atoms with Crippen molar-refractivity contribution in [2.75, 3.05) is 40.0 Å². The second-order valence-electron chi connectivity index (χ2n) is 4.55. The van der Waals surface area contributed by atoms with Crippen LogP contribution in [0.4, 0.5) is 0 Å². The van der Waals surface area contributed by atoms with Crippen LogP contribution in [-0.2, 0) is 14.3 Å². The second kappa shape index (κ2) is 7.47. The lowest BCUT2D eigenvalue weighted by Gasteiger charge is -2.31. The first-order valence-electron chi connectivity index (χ1n) is 6.47. The van der Waals surface area contributed by atoms with Gasteiger partial charge in [-0.3, -0.25) is 9.69 Å². The van der Waals surface area contributed by atoms with E-state index < -0.39 is 0 Å². The van der Waals surface area contributed by atoms with Crippen LogP contribution in [0.3, 0.4) is 0 Å². The highest BCUT2D eigenvalue weighted by Gasteiger charge is 2.23. The van der Waals surface area contributed by atoms with Crippen molar-refractivity contribution >= 4 is 17.6 Å². The minimum absolute atomic E-state index is 0.0790. The third-order valence-electron chi connectivity index (χ3n) is 3.06. The lowest BCUT2D eigenvalue weighted by atomic mass is 10.3. The molecule has 0 amide bonds. The molecule has 0 saturated carbocycles. The fourth-order valence-electron chi connectivity index (χ4n) is 2.02. The van der Waals surface area contributed by atoms with Gasteiger partial charge >= 0.3 is 5.97 Å². The minimum atomic E-state index is -0.238. The first kappa shape index (κ1) is 15.1. The first-order valence-corrected chi connectivity index (χ1v) is 6.85. The van der Waals surface area contributed by atoms with E-state index in [1.165, 1.54) is 7.11 Å². The summed E-state index contributed by atoms with van der Waals surface area (Å²) < 4.78 is 15.9. The number of methoxy groups -OCH3 is 1. The molecule has 2 rings (SSSR count). The van der Waals surface area contributed by atoms with Gasteiger partial charge in [-0.15, -0.1) is 0 Å². The van der Waals surface area contributed by atoms with Crippen molar-refractivity contribution in [1.29, 1.82) is 0 Å². The van der Waals surface area contributed by atoms with Crippen LogP contribution in [0.1, 0.15) is 0 Å². The molecule has 0 radical (unpaired) electrons. The summed E-state index contributed by atoms with van der Waals surface area (Å²) in [5.74, 6) is 0.403. The molecule has 0 bridgehead atoms. The van der Waals surface area contributed by atoms with Crippen molar-refractivity contribution in [3.63, 3.8) is 0 Å². The van der Waals surface area contributed by atoms with Gasteiger partial charge in [0, 0.05) is 13.1 Å². The third-order valence-corrected chi connectivity index (χ3v) is 3.38. The Morgan fingerprint density at radius 2 is 2.30 bits per heavy atom. The van der Waals surface area contributed by atoms with Crippen LogP contribution in [0.15, 0.2) is 24.3 Å². The molecule has 0 spiro atoms. The van der Waals surface area contributed by atoms with Gasteiger partial charge in [-0.2, -0.15) is 0 Å². The fraction of sp³-hybridized carbons (Fsp3) is 0.500. The maximum absolute atomic E-state index is 11.3. The van der Waals surface area contributed by atoms with Crippen molar-refractivity contribution in [3.05, 3.63) is 29.3 Å². The molecule has 1 atom stereocenters. The van der Waals surface area contributed by atoms with E-state index in [0.717, 1.165) is 6.54 Å². The number of nitrogens with zero attached hydrogens (tertiary/aromatic N) is 1. The molecular formula is C14H18ClNO4. The van der Waals surface area contributed by atoms with Gasteiger partial charge in [0.25, 0.3) is 0 Å². The lowest BCUT2D eigenvalue weighted by molar-refractivity contribution is -0.144. The molecule has 1 aromatic rings. The summed E-state index contributed by atoms with van der Waals surface area (Å²) in [5.41, 5.74) is 0. The quantitative estimate of drug-likeness (QED) is 0.773. The van der Waals surface area contributed by atoms with E-state index in [1.54, 1.807) is 6.07 Å². The van der Waals surface area contributed by atoms with Crippen LogP contribution >= 0.6 is 11.6 Å². The second-order valence-corrected chi connectivity index (χ2v) is 4.95. The predicted molar refractivity (Wildman–Crippen MR) is 75.1 cm³/mol. The average molecular weight is 300 g/mol. The molecule has 1 fully saturated rings. The molecule has 0 aromatic heterocycles. The van der Waals surface area contributed by atoms with E-state index in [4.69, 9.17) is 21.1 Å². The smallest absolute Gasteiger partial charge is 0.319 e. The highest BCUT2D eigenvalue weighted by Crippen LogP contribution is 2.23. The zero-order valence-corrected chi connectivity index (χ0v) is 12.1. The summed E-state index contributed by atoms with van der Waals surface area (Å²) in [6, 6.07) is 7.32. The normalized spacial score (nSPS) is 19.6. The van der Waals surface area contributed by atoms with E-state index >= 15 is 0 Å². The summed E-state index contributed by atoms with van der Waals surface area (Å²) in [6.45, 7) is 2.62. The maximum atomic E-state index is 11.3. The summed E-state index contributed by atoms with van der Waals surface area (Å²) in [5, 5.41) is 0.578. The summed E-state index contributed by atoms with van der Waals surface area (Å²) in [7, 11) is 1.39. The molecule has 110 valence electrons. The molecule has 1 heterocycles. The minimum Gasteiger partial charge on any atom is -0.489 e. The number of para-hydroxylation sites is 1. The molecule has 20 heavy (non-hydrogen) atoms. The molecule has 1 saturated heterocycles. The van der Waals surface area contributed by atoms with E-state index in [9.17, 15) is 4.79 Å². The zero-order chi connectivity index (χ0) is 14.4. The number of morpholine rings is 1. The van der Waals surface area contributed by atoms with Gasteiger partial charge < -0.3 is 14.2 Å². The molecule has 0 unspecified atom stereocenters. The monoisotopic (exact) mass is 299 g/mol. The van der Waals surface area contributed by atoms with Crippen molar-refractivity contribution in [3.8, 4) is 5.75 Å². The Balaban J connectivity index is 1.81. The van der Waals surface area contributed by atoms with E-state index in [0.29, 0.717) is 30.5 Å². The third kappa shape index (κ3) is 4.37. The van der Waals surface area contributed by atoms with E-state index in [-0.39, 0.29) is 18.6 Å². The van der Waals surface area contributed by atoms with E-state index in [1.807, 2.05) is 23.1 Å². The van der Waals surface area contributed by atoms with Crippen LogP contribution in [0.25, 0.3) is 0 Å². The van der Waals surface area contributed by atoms with Gasteiger partial charge in [0.1, 0.15) is 18.5 Å².